The van der Waals surface area contributed by atoms with Crippen LogP contribution < -0.4 is 16.2 Å². The van der Waals surface area contributed by atoms with E-state index < -0.39 is 5.54 Å². The maximum absolute atomic E-state index is 13.5. The van der Waals surface area contributed by atoms with Gasteiger partial charge in [0.15, 0.2) is 0 Å². The molecule has 5 aromatic rings. The van der Waals surface area contributed by atoms with E-state index in [9.17, 15) is 4.39 Å². The molecule has 0 saturated carbocycles. The van der Waals surface area contributed by atoms with Crippen molar-refractivity contribution in [3.8, 4) is 0 Å². The second-order valence-corrected chi connectivity index (χ2v) is 9.28. The number of hydrogen-bond acceptors (Lipinski definition) is 7. The number of para-hydroxylation sites is 1. The molecule has 0 saturated heterocycles. The largest absolute Gasteiger partial charge is 0.356 e. The molecule has 37 heavy (non-hydrogen) atoms. The number of benzene rings is 2. The molecule has 0 amide bonds. The van der Waals surface area contributed by atoms with Crippen LogP contribution in [0.3, 0.4) is 0 Å². The van der Waals surface area contributed by atoms with Gasteiger partial charge in [-0.1, -0.05) is 24.3 Å². The molecule has 0 spiro atoms. The maximum atomic E-state index is 13.5. The molecule has 0 radical (unpaired) electrons. The van der Waals surface area contributed by atoms with E-state index in [0.29, 0.717) is 5.84 Å². The number of hydrazine groups is 1. The van der Waals surface area contributed by atoms with Gasteiger partial charge in [0.1, 0.15) is 23.4 Å². The number of rotatable bonds is 4. The Bertz CT molecular complexity index is 1560. The summed E-state index contributed by atoms with van der Waals surface area (Å²) in [4.78, 5) is 13.1. The van der Waals surface area contributed by atoms with Gasteiger partial charge in [-0.15, -0.1) is 0 Å². The highest BCUT2D eigenvalue weighted by atomic mass is 19.1. The summed E-state index contributed by atoms with van der Waals surface area (Å²) in [7, 11) is 0. The Morgan fingerprint density at radius 2 is 1.78 bits per heavy atom. The minimum absolute atomic E-state index is 0.126. The average molecular weight is 491 g/mol. The third-order valence-electron chi connectivity index (χ3n) is 7.17. The van der Waals surface area contributed by atoms with E-state index in [1.807, 2.05) is 30.5 Å². The molecular formula is C28H23FN8. The number of amidine groups is 1. The fourth-order valence-electron chi connectivity index (χ4n) is 5.50. The minimum Gasteiger partial charge on any atom is -0.356 e. The summed E-state index contributed by atoms with van der Waals surface area (Å²) in [5.41, 5.74) is 11.5. The first-order valence-corrected chi connectivity index (χ1v) is 12.1. The Balaban J connectivity index is 1.41. The lowest BCUT2D eigenvalue weighted by Gasteiger charge is -2.43. The number of halogens is 1. The summed E-state index contributed by atoms with van der Waals surface area (Å²) in [5, 5.41) is 13.9. The molecule has 0 bridgehead atoms. The molecule has 0 aliphatic carbocycles. The van der Waals surface area contributed by atoms with Crippen LogP contribution in [0.15, 0.2) is 96.4 Å². The second kappa shape index (κ2) is 8.58. The number of nitrogens with zero attached hydrogens (tertiary/aromatic N) is 4. The molecule has 3 atom stereocenters. The van der Waals surface area contributed by atoms with Crippen LogP contribution in [0.25, 0.3) is 10.9 Å². The molecule has 0 fully saturated rings. The third kappa shape index (κ3) is 3.51. The van der Waals surface area contributed by atoms with Crippen molar-refractivity contribution < 1.29 is 4.39 Å². The molecule has 182 valence electrons. The Hall–Kier alpha value is -4.47. The van der Waals surface area contributed by atoms with Gasteiger partial charge < -0.3 is 10.4 Å². The van der Waals surface area contributed by atoms with Gasteiger partial charge >= 0.3 is 0 Å². The molecular weight excluding hydrogens is 467 g/mol. The zero-order valence-corrected chi connectivity index (χ0v) is 19.7. The van der Waals surface area contributed by atoms with E-state index >= 15 is 0 Å². The predicted molar refractivity (Wildman–Crippen MR) is 138 cm³/mol. The summed E-state index contributed by atoms with van der Waals surface area (Å²) in [6, 6.07) is 22.4. The van der Waals surface area contributed by atoms with Crippen LogP contribution in [0.1, 0.15) is 28.1 Å². The molecule has 4 N–H and O–H groups in total. The van der Waals surface area contributed by atoms with E-state index in [1.54, 1.807) is 24.5 Å². The number of fused-ring (bicyclic) bond motifs is 3. The fraction of sp³-hybridized carbons (Fsp3) is 0.143. The Morgan fingerprint density at radius 3 is 2.59 bits per heavy atom. The number of aromatic amines is 1. The number of aromatic nitrogens is 4. The van der Waals surface area contributed by atoms with Crippen molar-refractivity contribution >= 4 is 16.7 Å². The van der Waals surface area contributed by atoms with Gasteiger partial charge in [-0.3, -0.25) is 10.3 Å². The van der Waals surface area contributed by atoms with Crippen molar-refractivity contribution in [2.45, 2.75) is 24.2 Å². The summed E-state index contributed by atoms with van der Waals surface area (Å²) in [6.45, 7) is 0. The van der Waals surface area contributed by atoms with Crippen molar-refractivity contribution in [2.24, 2.45) is 4.99 Å². The number of aliphatic imine (C=N–C) groups is 1. The van der Waals surface area contributed by atoms with Gasteiger partial charge in [0, 0.05) is 46.7 Å². The lowest BCUT2D eigenvalue weighted by atomic mass is 9.76. The number of H-pyrrole nitrogens is 1. The van der Waals surface area contributed by atoms with E-state index in [2.05, 4.69) is 60.6 Å². The normalized spacial score (nSPS) is 22.9. The SMILES string of the molecule is Fc1ccc(C2=NC([C@H]3Cc4c([nH]c5ccccc45)C(c4cccnc4)(c4cccnn4)N3)NN2)cc1. The minimum atomic E-state index is -0.838. The lowest BCUT2D eigenvalue weighted by molar-refractivity contribution is 0.290. The van der Waals surface area contributed by atoms with Crippen LogP contribution in [0, 0.1) is 5.82 Å². The Morgan fingerprint density at radius 1 is 0.919 bits per heavy atom. The van der Waals surface area contributed by atoms with Crippen LogP contribution in [0.5, 0.6) is 0 Å². The van der Waals surface area contributed by atoms with E-state index in [4.69, 9.17) is 4.99 Å². The number of nitrogens with one attached hydrogen (secondary N) is 4. The zero-order valence-electron chi connectivity index (χ0n) is 19.7. The second-order valence-electron chi connectivity index (χ2n) is 9.28. The molecule has 9 heteroatoms. The fourth-order valence-corrected chi connectivity index (χ4v) is 5.50. The first-order valence-electron chi connectivity index (χ1n) is 12.1. The zero-order chi connectivity index (χ0) is 24.8. The van der Waals surface area contributed by atoms with Crippen LogP contribution in [-0.2, 0) is 12.0 Å². The van der Waals surface area contributed by atoms with Gasteiger partial charge in [-0.05, 0) is 60.5 Å². The van der Waals surface area contributed by atoms with Crippen LogP contribution >= 0.6 is 0 Å². The van der Waals surface area contributed by atoms with Crippen molar-refractivity contribution in [1.82, 2.24) is 36.3 Å². The molecule has 8 nitrogen and oxygen atoms in total. The van der Waals surface area contributed by atoms with Gasteiger partial charge in [0.2, 0.25) is 0 Å². The number of pyridine rings is 1. The van der Waals surface area contributed by atoms with Crippen molar-refractivity contribution in [3.05, 3.63) is 125 Å². The molecule has 2 unspecified atom stereocenters. The summed E-state index contributed by atoms with van der Waals surface area (Å²) < 4.78 is 13.5. The summed E-state index contributed by atoms with van der Waals surface area (Å²) in [6.07, 6.45) is 5.74. The topological polar surface area (TPSA) is 103 Å². The standard InChI is InChI=1S/C28H23FN8/c29-19-11-9-17(10-12-19)26-33-27(37-36-26)23-15-21-20-6-1-2-7-22(20)32-25(21)28(34-23,18-5-3-13-30-16-18)24-8-4-14-31-35-24/h1-14,16,23,27,32,34,37H,15H2,(H,33,36)/t23-,27?,28?/m1/s1. The van der Waals surface area contributed by atoms with E-state index in [0.717, 1.165) is 39.8 Å². The third-order valence-corrected chi connectivity index (χ3v) is 7.17. The van der Waals surface area contributed by atoms with Crippen molar-refractivity contribution in [3.63, 3.8) is 0 Å². The van der Waals surface area contributed by atoms with Gasteiger partial charge in [0.25, 0.3) is 0 Å². The van der Waals surface area contributed by atoms with Crippen LogP contribution in [0.4, 0.5) is 4.39 Å². The van der Waals surface area contributed by atoms with Crippen LogP contribution in [0.2, 0.25) is 0 Å². The first kappa shape index (κ1) is 21.8. The summed E-state index contributed by atoms with van der Waals surface area (Å²) >= 11 is 0. The molecule has 2 aliphatic heterocycles. The highest BCUT2D eigenvalue weighted by Crippen LogP contribution is 2.43. The highest BCUT2D eigenvalue weighted by molar-refractivity contribution is 5.99. The number of hydrogen-bond donors (Lipinski definition) is 4. The van der Waals surface area contributed by atoms with Gasteiger partial charge in [0.05, 0.1) is 11.4 Å². The average Bonchev–Trinajstić information content (AvgIpc) is 3.60. The van der Waals surface area contributed by atoms with E-state index in [1.165, 1.54) is 17.7 Å². The smallest absolute Gasteiger partial charge is 0.144 e. The summed E-state index contributed by atoms with van der Waals surface area (Å²) in [5.74, 6) is 0.390. The molecule has 5 heterocycles. The molecule has 7 rings (SSSR count). The molecule has 2 aromatic carbocycles. The van der Waals surface area contributed by atoms with Crippen molar-refractivity contribution in [1.29, 1.82) is 0 Å². The first-order chi connectivity index (χ1) is 18.2. The van der Waals surface area contributed by atoms with E-state index in [-0.39, 0.29) is 18.0 Å². The van der Waals surface area contributed by atoms with Crippen molar-refractivity contribution in [2.75, 3.05) is 0 Å². The lowest BCUT2D eigenvalue weighted by Crippen LogP contribution is -2.60. The molecule has 3 aromatic heterocycles. The van der Waals surface area contributed by atoms with Gasteiger partial charge in [-0.2, -0.15) is 10.2 Å². The Labute approximate surface area is 212 Å². The van der Waals surface area contributed by atoms with Gasteiger partial charge in [-0.25, -0.2) is 14.8 Å². The molecule has 2 aliphatic rings. The van der Waals surface area contributed by atoms with Crippen LogP contribution in [-0.4, -0.2) is 38.2 Å². The maximum Gasteiger partial charge on any atom is 0.144 e. The predicted octanol–water partition coefficient (Wildman–Crippen LogP) is 3.18. The monoisotopic (exact) mass is 490 g/mol. The Kier molecular flexibility index (Phi) is 5.05. The highest BCUT2D eigenvalue weighted by Gasteiger charge is 2.48. The quantitative estimate of drug-likeness (QED) is 0.309.